The minimum atomic E-state index is -3.61. The van der Waals surface area contributed by atoms with Gasteiger partial charge in [0.1, 0.15) is 4.90 Å². The summed E-state index contributed by atoms with van der Waals surface area (Å²) >= 11 is 5.94. The smallest absolute Gasteiger partial charge is 0.244 e. The molecule has 2 N–H and O–H groups in total. The molecule has 0 heterocycles. The highest BCUT2D eigenvalue weighted by atomic mass is 35.5. The molecule has 0 bridgehead atoms. The van der Waals surface area contributed by atoms with Crippen molar-refractivity contribution in [1.29, 1.82) is 0 Å². The second-order valence-corrected chi connectivity index (χ2v) is 6.21. The Morgan fingerprint density at radius 2 is 2.11 bits per heavy atom. The van der Waals surface area contributed by atoms with Crippen LogP contribution in [0.25, 0.3) is 0 Å². The summed E-state index contributed by atoms with van der Waals surface area (Å²) in [5.41, 5.74) is 6.22. The minimum Gasteiger partial charge on any atom is -0.383 e. The van der Waals surface area contributed by atoms with Crippen LogP contribution in [-0.2, 0) is 21.3 Å². The summed E-state index contributed by atoms with van der Waals surface area (Å²) in [6.45, 7) is 0.855. The average molecular weight is 293 g/mol. The first-order chi connectivity index (χ1) is 8.43. The van der Waals surface area contributed by atoms with Crippen LogP contribution in [0.15, 0.2) is 23.1 Å². The Hall–Kier alpha value is -0.660. The van der Waals surface area contributed by atoms with Crippen LogP contribution in [-0.4, -0.2) is 40.0 Å². The summed E-state index contributed by atoms with van der Waals surface area (Å²) in [5.74, 6) is 0. The van der Waals surface area contributed by atoms with Gasteiger partial charge in [-0.25, -0.2) is 8.42 Å². The molecule has 0 aliphatic heterocycles. The van der Waals surface area contributed by atoms with Gasteiger partial charge in [-0.05, 0) is 17.7 Å². The standard InChI is InChI=1S/C11H17ClN2O3S/c1-14(5-6-17-2)18(15,16)11-7-9(8-13)3-4-10(11)12/h3-4,7H,5-6,8,13H2,1-2H3. The lowest BCUT2D eigenvalue weighted by atomic mass is 10.2. The van der Waals surface area contributed by atoms with E-state index in [1.165, 1.54) is 24.5 Å². The topological polar surface area (TPSA) is 72.6 Å². The second kappa shape index (κ2) is 6.49. The summed E-state index contributed by atoms with van der Waals surface area (Å²) in [6.07, 6.45) is 0. The van der Waals surface area contributed by atoms with Gasteiger partial charge in [0.05, 0.1) is 11.6 Å². The SMILES string of the molecule is COCCN(C)S(=O)(=O)c1cc(CN)ccc1Cl. The van der Waals surface area contributed by atoms with E-state index in [1.54, 1.807) is 12.1 Å². The highest BCUT2D eigenvalue weighted by molar-refractivity contribution is 7.89. The number of nitrogens with two attached hydrogens (primary N) is 1. The van der Waals surface area contributed by atoms with E-state index < -0.39 is 10.0 Å². The molecule has 18 heavy (non-hydrogen) atoms. The predicted octanol–water partition coefficient (Wildman–Crippen LogP) is 1.07. The third-order valence-corrected chi connectivity index (χ3v) is 4.87. The average Bonchev–Trinajstić information content (AvgIpc) is 2.36. The van der Waals surface area contributed by atoms with Crippen molar-refractivity contribution in [2.45, 2.75) is 11.4 Å². The molecule has 1 aromatic rings. The van der Waals surface area contributed by atoms with Crippen LogP contribution in [0.1, 0.15) is 5.56 Å². The van der Waals surface area contributed by atoms with E-state index in [4.69, 9.17) is 22.1 Å². The van der Waals surface area contributed by atoms with Crippen molar-refractivity contribution in [3.8, 4) is 0 Å². The van der Waals surface area contributed by atoms with Crippen molar-refractivity contribution in [2.24, 2.45) is 5.73 Å². The Morgan fingerprint density at radius 3 is 2.67 bits per heavy atom. The molecule has 0 unspecified atom stereocenters. The van der Waals surface area contributed by atoms with Crippen molar-refractivity contribution < 1.29 is 13.2 Å². The van der Waals surface area contributed by atoms with E-state index in [1.807, 2.05) is 0 Å². The number of likely N-dealkylation sites (N-methyl/N-ethyl adjacent to an activating group) is 1. The molecule has 0 radical (unpaired) electrons. The molecule has 0 aromatic heterocycles. The number of ether oxygens (including phenoxy) is 1. The van der Waals surface area contributed by atoms with Gasteiger partial charge < -0.3 is 10.5 Å². The summed E-state index contributed by atoms with van der Waals surface area (Å²) in [4.78, 5) is 0.0747. The van der Waals surface area contributed by atoms with Crippen molar-refractivity contribution in [3.05, 3.63) is 28.8 Å². The molecule has 0 spiro atoms. The van der Waals surface area contributed by atoms with Crippen LogP contribution in [0.4, 0.5) is 0 Å². The van der Waals surface area contributed by atoms with Gasteiger partial charge in [0.15, 0.2) is 0 Å². The van der Waals surface area contributed by atoms with Crippen LogP contribution < -0.4 is 5.73 Å². The molecule has 1 aromatic carbocycles. The van der Waals surface area contributed by atoms with Crippen molar-refractivity contribution in [3.63, 3.8) is 0 Å². The maximum atomic E-state index is 12.3. The molecule has 0 aliphatic carbocycles. The van der Waals surface area contributed by atoms with E-state index >= 15 is 0 Å². The van der Waals surface area contributed by atoms with Crippen LogP contribution in [0, 0.1) is 0 Å². The first-order valence-corrected chi connectivity index (χ1v) is 7.19. The molecule has 0 fully saturated rings. The predicted molar refractivity (Wildman–Crippen MR) is 71.0 cm³/mol. The van der Waals surface area contributed by atoms with Gasteiger partial charge in [-0.2, -0.15) is 4.31 Å². The van der Waals surface area contributed by atoms with Gasteiger partial charge in [0.25, 0.3) is 0 Å². The molecule has 5 nitrogen and oxygen atoms in total. The molecule has 7 heteroatoms. The van der Waals surface area contributed by atoms with Crippen LogP contribution >= 0.6 is 11.6 Å². The van der Waals surface area contributed by atoms with Gasteiger partial charge in [-0.1, -0.05) is 17.7 Å². The highest BCUT2D eigenvalue weighted by Crippen LogP contribution is 2.25. The van der Waals surface area contributed by atoms with Gasteiger partial charge in [-0.15, -0.1) is 0 Å². The molecule has 102 valence electrons. The van der Waals surface area contributed by atoms with E-state index in [0.29, 0.717) is 6.61 Å². The molecule has 0 amide bonds. The number of hydrogen-bond acceptors (Lipinski definition) is 4. The van der Waals surface area contributed by atoms with Gasteiger partial charge in [0.2, 0.25) is 10.0 Å². The van der Waals surface area contributed by atoms with E-state index in [2.05, 4.69) is 0 Å². The number of benzene rings is 1. The molecular formula is C11H17ClN2O3S. The second-order valence-electron chi connectivity index (χ2n) is 3.79. The summed E-state index contributed by atoms with van der Waals surface area (Å²) < 4.78 is 30.6. The molecule has 0 aliphatic rings. The maximum Gasteiger partial charge on any atom is 0.244 e. The van der Waals surface area contributed by atoms with Gasteiger partial charge in [0, 0.05) is 27.2 Å². The highest BCUT2D eigenvalue weighted by Gasteiger charge is 2.23. The van der Waals surface area contributed by atoms with E-state index in [9.17, 15) is 8.42 Å². The number of sulfonamides is 1. The van der Waals surface area contributed by atoms with Gasteiger partial charge in [-0.3, -0.25) is 0 Å². The van der Waals surface area contributed by atoms with Gasteiger partial charge >= 0.3 is 0 Å². The minimum absolute atomic E-state index is 0.0747. The zero-order valence-corrected chi connectivity index (χ0v) is 12.0. The first kappa shape index (κ1) is 15.4. The zero-order chi connectivity index (χ0) is 13.8. The number of halogens is 1. The Kier molecular flexibility index (Phi) is 5.55. The summed E-state index contributed by atoms with van der Waals surface area (Å²) in [7, 11) is -0.606. The monoisotopic (exact) mass is 292 g/mol. The van der Waals surface area contributed by atoms with Crippen LogP contribution in [0.3, 0.4) is 0 Å². The molecule has 0 atom stereocenters. The lowest BCUT2D eigenvalue weighted by Gasteiger charge is -2.18. The molecular weight excluding hydrogens is 276 g/mol. The third kappa shape index (κ3) is 3.43. The van der Waals surface area contributed by atoms with Crippen molar-refractivity contribution in [1.82, 2.24) is 4.31 Å². The Morgan fingerprint density at radius 1 is 1.44 bits per heavy atom. The maximum absolute atomic E-state index is 12.3. The van der Waals surface area contributed by atoms with Crippen molar-refractivity contribution >= 4 is 21.6 Å². The summed E-state index contributed by atoms with van der Waals surface area (Å²) in [6, 6.07) is 4.75. The number of rotatable bonds is 6. The summed E-state index contributed by atoms with van der Waals surface area (Å²) in [5, 5.41) is 0.191. The van der Waals surface area contributed by atoms with Crippen LogP contribution in [0.5, 0.6) is 0 Å². The number of hydrogen-bond donors (Lipinski definition) is 1. The lowest BCUT2D eigenvalue weighted by Crippen LogP contribution is -2.30. The zero-order valence-electron chi connectivity index (χ0n) is 10.4. The Balaban J connectivity index is 3.11. The largest absolute Gasteiger partial charge is 0.383 e. The third-order valence-electron chi connectivity index (χ3n) is 2.53. The number of methoxy groups -OCH3 is 1. The first-order valence-electron chi connectivity index (χ1n) is 5.37. The Labute approximate surface area is 113 Å². The molecule has 1 rings (SSSR count). The fourth-order valence-electron chi connectivity index (χ4n) is 1.38. The quantitative estimate of drug-likeness (QED) is 0.851. The number of nitrogens with zero attached hydrogens (tertiary/aromatic N) is 1. The van der Waals surface area contributed by atoms with Crippen LogP contribution in [0.2, 0.25) is 5.02 Å². The lowest BCUT2D eigenvalue weighted by molar-refractivity contribution is 0.185. The molecule has 0 saturated carbocycles. The normalized spacial score (nSPS) is 12.1. The fourth-order valence-corrected chi connectivity index (χ4v) is 3.06. The van der Waals surface area contributed by atoms with E-state index in [0.717, 1.165) is 5.56 Å². The molecule has 0 saturated heterocycles. The Bertz CT molecular complexity index is 505. The van der Waals surface area contributed by atoms with Crippen molar-refractivity contribution in [2.75, 3.05) is 27.3 Å². The van der Waals surface area contributed by atoms with E-state index in [-0.39, 0.29) is 23.0 Å². The fraction of sp³-hybridized carbons (Fsp3) is 0.455.